The molecule has 0 N–H and O–H groups in total. The van der Waals surface area contributed by atoms with Crippen molar-refractivity contribution in [2.24, 2.45) is 9.81 Å². The highest BCUT2D eigenvalue weighted by Gasteiger charge is 2.51. The minimum absolute atomic E-state index is 0.252. The molecular formula is C15H25NO3S. The first-order chi connectivity index (χ1) is 9.33. The van der Waals surface area contributed by atoms with Crippen molar-refractivity contribution in [3.63, 3.8) is 0 Å². The highest BCUT2D eigenvalue weighted by Crippen LogP contribution is 2.54. The summed E-state index contributed by atoms with van der Waals surface area (Å²) in [6, 6.07) is 0. The Bertz CT molecular complexity index is 390. The summed E-state index contributed by atoms with van der Waals surface area (Å²) >= 11 is -1.11. The Morgan fingerprint density at radius 2 is 1.60 bits per heavy atom. The molecule has 2 saturated carbocycles. The Morgan fingerprint density at radius 1 is 1.05 bits per heavy atom. The van der Waals surface area contributed by atoms with Gasteiger partial charge in [-0.25, -0.2) is 0 Å². The van der Waals surface area contributed by atoms with Gasteiger partial charge in [0.2, 0.25) is 0 Å². The Balaban J connectivity index is 1.54. The van der Waals surface area contributed by atoms with E-state index in [0.29, 0.717) is 5.41 Å². The van der Waals surface area contributed by atoms with Crippen LogP contribution in [0.5, 0.6) is 0 Å². The van der Waals surface area contributed by atoms with E-state index in [-0.39, 0.29) is 10.5 Å². The lowest BCUT2D eigenvalue weighted by Gasteiger charge is -2.49. The monoisotopic (exact) mass is 299 g/mol. The summed E-state index contributed by atoms with van der Waals surface area (Å²) in [7, 11) is 0. The third-order valence-electron chi connectivity index (χ3n) is 4.78. The summed E-state index contributed by atoms with van der Waals surface area (Å²) in [6.07, 6.45) is 6.34. The smallest absolute Gasteiger partial charge is 0.168 e. The van der Waals surface area contributed by atoms with Gasteiger partial charge < -0.3 is 14.0 Å². The van der Waals surface area contributed by atoms with Crippen LogP contribution < -0.4 is 0 Å². The van der Waals surface area contributed by atoms with Gasteiger partial charge in [0.15, 0.2) is 5.79 Å². The van der Waals surface area contributed by atoms with Crippen molar-refractivity contribution in [1.29, 1.82) is 0 Å². The third kappa shape index (κ3) is 2.78. The molecule has 1 saturated heterocycles. The van der Waals surface area contributed by atoms with Crippen LogP contribution in [-0.2, 0) is 20.8 Å². The number of hydrogen-bond donors (Lipinski definition) is 0. The number of hydrogen-bond acceptors (Lipinski definition) is 4. The quantitative estimate of drug-likeness (QED) is 0.699. The number of nitrogens with zero attached hydrogens (tertiary/aromatic N) is 1. The molecule has 0 bridgehead atoms. The van der Waals surface area contributed by atoms with Crippen molar-refractivity contribution in [3.05, 3.63) is 0 Å². The van der Waals surface area contributed by atoms with E-state index in [0.717, 1.165) is 57.5 Å². The van der Waals surface area contributed by atoms with Gasteiger partial charge >= 0.3 is 0 Å². The molecule has 3 rings (SSSR count). The molecule has 1 atom stereocenters. The fourth-order valence-corrected chi connectivity index (χ4v) is 4.07. The number of ether oxygens (including phenoxy) is 2. The van der Waals surface area contributed by atoms with Gasteiger partial charge in [0.25, 0.3) is 0 Å². The van der Waals surface area contributed by atoms with E-state index in [2.05, 4.69) is 4.40 Å². The Morgan fingerprint density at radius 3 is 2.10 bits per heavy atom. The van der Waals surface area contributed by atoms with Crippen LogP contribution in [0.4, 0.5) is 0 Å². The summed E-state index contributed by atoms with van der Waals surface area (Å²) in [5.41, 5.74) is 1.53. The molecule has 0 amide bonds. The predicted octanol–water partition coefficient (Wildman–Crippen LogP) is 2.99. The zero-order chi connectivity index (χ0) is 14.4. The molecule has 0 aromatic carbocycles. The number of rotatable bonds is 1. The second kappa shape index (κ2) is 4.97. The fraction of sp³-hybridized carbons (Fsp3) is 0.933. The van der Waals surface area contributed by atoms with Crippen molar-refractivity contribution >= 4 is 17.1 Å². The van der Waals surface area contributed by atoms with E-state index in [4.69, 9.17) is 9.47 Å². The molecule has 0 radical (unpaired) electrons. The van der Waals surface area contributed by atoms with Gasteiger partial charge in [-0.1, -0.05) is 4.40 Å². The van der Waals surface area contributed by atoms with Crippen LogP contribution in [-0.4, -0.2) is 34.0 Å². The molecule has 5 heteroatoms. The lowest BCUT2D eigenvalue weighted by molar-refractivity contribution is -0.192. The Hall–Kier alpha value is -0.100. The molecule has 3 fully saturated rings. The molecule has 1 aliphatic heterocycles. The third-order valence-corrected chi connectivity index (χ3v) is 6.25. The average molecular weight is 299 g/mol. The summed E-state index contributed by atoms with van der Waals surface area (Å²) in [6.45, 7) is 7.40. The maximum atomic E-state index is 12.0. The summed E-state index contributed by atoms with van der Waals surface area (Å²) in [5, 5.41) is 0. The van der Waals surface area contributed by atoms with Crippen LogP contribution >= 0.6 is 0 Å². The summed E-state index contributed by atoms with van der Waals surface area (Å²) < 4.78 is 27.7. The molecule has 0 aromatic rings. The zero-order valence-corrected chi connectivity index (χ0v) is 13.6. The Labute approximate surface area is 124 Å². The van der Waals surface area contributed by atoms with Crippen molar-refractivity contribution in [3.8, 4) is 0 Å². The lowest BCUT2D eigenvalue weighted by atomic mass is 9.59. The molecular weight excluding hydrogens is 274 g/mol. The lowest BCUT2D eigenvalue weighted by Crippen LogP contribution is -2.47. The largest absolute Gasteiger partial charge is 0.591 e. The van der Waals surface area contributed by atoms with Crippen molar-refractivity contribution in [2.45, 2.75) is 69.8 Å². The van der Waals surface area contributed by atoms with Gasteiger partial charge in [-0.2, -0.15) is 0 Å². The fourth-order valence-electron chi connectivity index (χ4n) is 3.43. The van der Waals surface area contributed by atoms with Gasteiger partial charge in [-0.3, -0.25) is 0 Å². The van der Waals surface area contributed by atoms with E-state index in [1.54, 1.807) is 0 Å². The first-order valence-corrected chi connectivity index (χ1v) is 8.70. The molecule has 2 spiro atoms. The Kier molecular flexibility index (Phi) is 3.68. The summed E-state index contributed by atoms with van der Waals surface area (Å²) in [4.78, 5) is 0. The zero-order valence-electron chi connectivity index (χ0n) is 12.7. The molecule has 114 valence electrons. The molecule has 0 aromatic heterocycles. The average Bonchev–Trinajstić information content (AvgIpc) is 2.78. The van der Waals surface area contributed by atoms with Crippen molar-refractivity contribution < 1.29 is 14.0 Å². The SMILES string of the molecule is CC(C)(C)[S+]([O-])N=C1CC2(CCC3(CC2)OCCO3)C1. The van der Waals surface area contributed by atoms with Crippen LogP contribution in [0.25, 0.3) is 0 Å². The maximum absolute atomic E-state index is 12.0. The topological polar surface area (TPSA) is 53.9 Å². The van der Waals surface area contributed by atoms with Gasteiger partial charge in [0, 0.05) is 12.8 Å². The first-order valence-electron chi connectivity index (χ1n) is 7.59. The molecule has 20 heavy (non-hydrogen) atoms. The highest BCUT2D eigenvalue weighted by molar-refractivity contribution is 7.91. The second-order valence-electron chi connectivity index (χ2n) is 7.48. The van der Waals surface area contributed by atoms with Crippen molar-refractivity contribution in [1.82, 2.24) is 0 Å². The van der Waals surface area contributed by atoms with E-state index < -0.39 is 11.4 Å². The first kappa shape index (κ1) is 14.8. The van der Waals surface area contributed by atoms with Gasteiger partial charge in [-0.05, 0) is 51.9 Å². The molecule has 2 aliphatic carbocycles. The molecule has 3 aliphatic rings. The van der Waals surface area contributed by atoms with E-state index in [1.165, 1.54) is 0 Å². The maximum Gasteiger partial charge on any atom is 0.168 e. The van der Waals surface area contributed by atoms with E-state index in [1.807, 2.05) is 20.8 Å². The molecule has 1 unspecified atom stereocenters. The van der Waals surface area contributed by atoms with Crippen LogP contribution in [0, 0.1) is 5.41 Å². The van der Waals surface area contributed by atoms with Gasteiger partial charge in [-0.15, -0.1) is 0 Å². The standard InChI is InChI=1S/C15H25NO3S/c1-13(2,3)20(17)16-12-10-14(11-12)4-6-15(7-5-14)18-8-9-19-15/h4-11H2,1-3H3. The van der Waals surface area contributed by atoms with E-state index >= 15 is 0 Å². The normalized spacial score (nSPS) is 29.5. The van der Waals surface area contributed by atoms with Crippen LogP contribution in [0.2, 0.25) is 0 Å². The van der Waals surface area contributed by atoms with Crippen LogP contribution in [0.3, 0.4) is 0 Å². The highest BCUT2D eigenvalue weighted by atomic mass is 32.2. The van der Waals surface area contributed by atoms with Crippen molar-refractivity contribution in [2.75, 3.05) is 13.2 Å². The van der Waals surface area contributed by atoms with Gasteiger partial charge in [0.1, 0.15) is 16.1 Å². The van der Waals surface area contributed by atoms with E-state index in [9.17, 15) is 4.55 Å². The van der Waals surface area contributed by atoms with Crippen LogP contribution in [0.1, 0.15) is 59.3 Å². The molecule has 4 nitrogen and oxygen atoms in total. The van der Waals surface area contributed by atoms with Crippen LogP contribution in [0.15, 0.2) is 4.40 Å². The van der Waals surface area contributed by atoms with Gasteiger partial charge in [0.05, 0.1) is 18.9 Å². The minimum Gasteiger partial charge on any atom is -0.591 e. The summed E-state index contributed by atoms with van der Waals surface area (Å²) in [5.74, 6) is -0.271. The minimum atomic E-state index is -1.11. The second-order valence-corrected chi connectivity index (χ2v) is 9.39. The predicted molar refractivity (Wildman–Crippen MR) is 80.1 cm³/mol. The molecule has 1 heterocycles.